The van der Waals surface area contributed by atoms with Crippen LogP contribution >= 0.6 is 0 Å². The van der Waals surface area contributed by atoms with Gasteiger partial charge in [0.05, 0.1) is 0 Å². The van der Waals surface area contributed by atoms with Crippen molar-refractivity contribution in [3.05, 3.63) is 36.4 Å². The highest BCUT2D eigenvalue weighted by Crippen LogP contribution is 2.46. The molecule has 2 aromatic carbocycles. The lowest BCUT2D eigenvalue weighted by Crippen LogP contribution is -2.45. The van der Waals surface area contributed by atoms with E-state index in [0.717, 1.165) is 16.9 Å². The van der Waals surface area contributed by atoms with Crippen molar-refractivity contribution in [1.29, 1.82) is 0 Å². The fourth-order valence-electron chi connectivity index (χ4n) is 2.24. The Labute approximate surface area is 162 Å². The monoisotopic (exact) mass is 388 g/mol. The van der Waals surface area contributed by atoms with Crippen LogP contribution in [0.2, 0.25) is 36.3 Å². The van der Waals surface area contributed by atoms with Gasteiger partial charge in [-0.3, -0.25) is 0 Å². The number of hydrogen-bond acceptors (Lipinski definition) is 2. The second-order valence-electron chi connectivity index (χ2n) is 10.3. The summed E-state index contributed by atoms with van der Waals surface area (Å²) < 4.78 is 13.5. The van der Waals surface area contributed by atoms with E-state index in [4.69, 9.17) is 8.85 Å². The van der Waals surface area contributed by atoms with E-state index in [1.165, 1.54) is 5.39 Å². The van der Waals surface area contributed by atoms with Crippen molar-refractivity contribution in [3.63, 3.8) is 0 Å². The molecule has 0 aliphatic heterocycles. The third kappa shape index (κ3) is 4.17. The average Bonchev–Trinajstić information content (AvgIpc) is 2.47. The van der Waals surface area contributed by atoms with Gasteiger partial charge in [-0.15, -0.1) is 0 Å². The van der Waals surface area contributed by atoms with Gasteiger partial charge in [0.15, 0.2) is 5.75 Å². The minimum atomic E-state index is -1.98. The van der Waals surface area contributed by atoms with E-state index in [0.29, 0.717) is 0 Å². The van der Waals surface area contributed by atoms with Crippen LogP contribution in [-0.2, 0) is 0 Å². The molecule has 4 heteroatoms. The summed E-state index contributed by atoms with van der Waals surface area (Å²) in [5.41, 5.74) is 0. The smallest absolute Gasteiger partial charge is 0.250 e. The molecule has 2 aromatic rings. The van der Waals surface area contributed by atoms with Crippen molar-refractivity contribution in [2.75, 3.05) is 0 Å². The summed E-state index contributed by atoms with van der Waals surface area (Å²) in [4.78, 5) is 0. The minimum Gasteiger partial charge on any atom is -0.541 e. The second-order valence-corrected chi connectivity index (χ2v) is 19.8. The molecular formula is C22H36O2Si2. The molecule has 26 heavy (non-hydrogen) atoms. The first-order valence-corrected chi connectivity index (χ1v) is 15.4. The van der Waals surface area contributed by atoms with Crippen molar-refractivity contribution in [2.45, 2.75) is 77.8 Å². The molecule has 0 saturated heterocycles. The van der Waals surface area contributed by atoms with E-state index in [9.17, 15) is 0 Å². The molecule has 0 spiro atoms. The van der Waals surface area contributed by atoms with Crippen molar-refractivity contribution in [2.24, 2.45) is 0 Å². The third-order valence-electron chi connectivity index (χ3n) is 6.18. The summed E-state index contributed by atoms with van der Waals surface area (Å²) in [5, 5.41) is 2.63. The maximum absolute atomic E-state index is 6.81. The zero-order valence-electron chi connectivity index (χ0n) is 18.3. The second kappa shape index (κ2) is 6.72. The summed E-state index contributed by atoms with van der Waals surface area (Å²) in [6, 6.07) is 12.7. The number of fused-ring (bicyclic) bond motifs is 1. The molecule has 0 radical (unpaired) electrons. The highest BCUT2D eigenvalue weighted by molar-refractivity contribution is 6.75. The van der Waals surface area contributed by atoms with Crippen LogP contribution in [0.3, 0.4) is 0 Å². The summed E-state index contributed by atoms with van der Waals surface area (Å²) >= 11 is 0. The van der Waals surface area contributed by atoms with Gasteiger partial charge < -0.3 is 8.85 Å². The van der Waals surface area contributed by atoms with E-state index < -0.39 is 16.6 Å². The number of hydrogen-bond donors (Lipinski definition) is 0. The molecule has 0 bridgehead atoms. The lowest BCUT2D eigenvalue weighted by molar-refractivity contribution is 0.444. The highest BCUT2D eigenvalue weighted by atomic mass is 28.4. The van der Waals surface area contributed by atoms with Gasteiger partial charge in [-0.05, 0) is 47.7 Å². The Hall–Kier alpha value is -1.27. The van der Waals surface area contributed by atoms with Crippen molar-refractivity contribution < 1.29 is 8.85 Å². The fourth-order valence-corrected chi connectivity index (χ4v) is 4.29. The predicted octanol–water partition coefficient (Wildman–Crippen LogP) is 7.61. The van der Waals surface area contributed by atoms with Crippen LogP contribution in [0.5, 0.6) is 11.5 Å². The molecule has 0 atom stereocenters. The maximum atomic E-state index is 6.81. The highest BCUT2D eigenvalue weighted by Gasteiger charge is 2.42. The summed E-state index contributed by atoms with van der Waals surface area (Å²) in [6.45, 7) is 22.8. The molecule has 0 saturated carbocycles. The summed E-state index contributed by atoms with van der Waals surface area (Å²) in [6.07, 6.45) is 0. The molecule has 0 aliphatic rings. The summed E-state index contributed by atoms with van der Waals surface area (Å²) in [7, 11) is -3.93. The van der Waals surface area contributed by atoms with E-state index in [1.807, 2.05) is 0 Å². The Morgan fingerprint density at radius 2 is 1.15 bits per heavy atom. The molecule has 0 aliphatic carbocycles. The minimum absolute atomic E-state index is 0.137. The topological polar surface area (TPSA) is 18.5 Å². The van der Waals surface area contributed by atoms with E-state index >= 15 is 0 Å². The Morgan fingerprint density at radius 3 is 1.69 bits per heavy atom. The summed E-state index contributed by atoms with van der Waals surface area (Å²) in [5.74, 6) is 1.83. The van der Waals surface area contributed by atoms with Gasteiger partial charge in [0.25, 0.3) is 16.6 Å². The Balaban J connectivity index is 2.61. The van der Waals surface area contributed by atoms with Crippen LogP contribution in [0, 0.1) is 0 Å². The zero-order valence-corrected chi connectivity index (χ0v) is 20.3. The van der Waals surface area contributed by atoms with Crippen molar-refractivity contribution in [3.8, 4) is 11.5 Å². The number of rotatable bonds is 4. The molecule has 2 rings (SSSR count). The first kappa shape index (κ1) is 21.0. The molecule has 0 unspecified atom stereocenters. The normalized spacial score (nSPS) is 13.8. The van der Waals surface area contributed by atoms with Gasteiger partial charge in [-0.25, -0.2) is 0 Å². The Morgan fingerprint density at radius 1 is 0.654 bits per heavy atom. The van der Waals surface area contributed by atoms with Gasteiger partial charge in [0.1, 0.15) is 5.75 Å². The van der Waals surface area contributed by atoms with Crippen molar-refractivity contribution in [1.82, 2.24) is 0 Å². The van der Waals surface area contributed by atoms with Gasteiger partial charge in [0.2, 0.25) is 0 Å². The fraction of sp³-hybridized carbons (Fsp3) is 0.545. The lowest BCUT2D eigenvalue weighted by atomic mass is 10.1. The van der Waals surface area contributed by atoms with Crippen LogP contribution in [0.15, 0.2) is 36.4 Å². The van der Waals surface area contributed by atoms with Crippen LogP contribution in [0.4, 0.5) is 0 Å². The molecule has 0 fully saturated rings. The van der Waals surface area contributed by atoms with Gasteiger partial charge in [-0.1, -0.05) is 71.9 Å². The van der Waals surface area contributed by atoms with Gasteiger partial charge in [-0.2, -0.15) is 0 Å². The molecular weight excluding hydrogens is 352 g/mol. The largest absolute Gasteiger partial charge is 0.541 e. The first-order valence-electron chi connectivity index (χ1n) is 9.55. The van der Waals surface area contributed by atoms with E-state index in [-0.39, 0.29) is 10.1 Å². The van der Waals surface area contributed by atoms with Crippen LogP contribution < -0.4 is 8.85 Å². The third-order valence-corrected chi connectivity index (χ3v) is 14.8. The predicted molar refractivity (Wildman–Crippen MR) is 120 cm³/mol. The van der Waals surface area contributed by atoms with Crippen LogP contribution in [0.1, 0.15) is 41.5 Å². The quantitative estimate of drug-likeness (QED) is 0.502. The molecule has 0 aromatic heterocycles. The van der Waals surface area contributed by atoms with Crippen LogP contribution in [0.25, 0.3) is 10.8 Å². The van der Waals surface area contributed by atoms with Crippen LogP contribution in [-0.4, -0.2) is 16.6 Å². The Bertz CT molecular complexity index is 781. The standard InChI is InChI=1S/C22H36O2Si2/c1-21(2,3)25(7,8)23-19-16-15-17-13-11-12-14-18(17)20(19)24-26(9,10)22(4,5)6/h11-16H,1-10H3. The number of benzene rings is 2. The zero-order chi connectivity index (χ0) is 20.0. The molecule has 144 valence electrons. The lowest BCUT2D eigenvalue weighted by Gasteiger charge is -2.40. The van der Waals surface area contributed by atoms with E-state index in [1.54, 1.807) is 0 Å². The SMILES string of the molecule is CC(C)(C)[Si](C)(C)Oc1ccc2ccccc2c1O[Si](C)(C)C(C)(C)C. The maximum Gasteiger partial charge on any atom is 0.250 e. The molecule has 0 amide bonds. The Kier molecular flexibility index (Phi) is 5.44. The van der Waals surface area contributed by atoms with Crippen molar-refractivity contribution >= 4 is 27.4 Å². The van der Waals surface area contributed by atoms with E-state index in [2.05, 4.69) is 104 Å². The van der Waals surface area contributed by atoms with Gasteiger partial charge >= 0.3 is 0 Å². The molecule has 0 N–H and O–H groups in total. The first-order chi connectivity index (χ1) is 11.7. The molecule has 2 nitrogen and oxygen atoms in total. The average molecular weight is 389 g/mol. The van der Waals surface area contributed by atoms with Gasteiger partial charge in [0, 0.05) is 5.39 Å². The molecule has 0 heterocycles.